The van der Waals surface area contributed by atoms with E-state index in [-0.39, 0.29) is 29.9 Å². The topological polar surface area (TPSA) is 75.6 Å². The lowest BCUT2D eigenvalue weighted by Gasteiger charge is -2.12. The fourth-order valence-corrected chi connectivity index (χ4v) is 2.06. The summed E-state index contributed by atoms with van der Waals surface area (Å²) in [5.41, 5.74) is -0.0163. The molecule has 0 bridgehead atoms. The number of ether oxygens (including phenoxy) is 1. The molecule has 1 aliphatic carbocycles. The van der Waals surface area contributed by atoms with E-state index in [1.807, 2.05) is 6.92 Å². The van der Waals surface area contributed by atoms with Crippen molar-refractivity contribution >= 4 is 23.5 Å². The first-order chi connectivity index (χ1) is 9.47. The minimum absolute atomic E-state index is 0.0163. The van der Waals surface area contributed by atoms with Crippen LogP contribution in [0.3, 0.4) is 0 Å². The van der Waals surface area contributed by atoms with Crippen molar-refractivity contribution in [3.8, 4) is 5.75 Å². The van der Waals surface area contributed by atoms with Crippen molar-refractivity contribution in [2.75, 3.05) is 6.61 Å². The molecular weight excluding hydrogens is 282 g/mol. The Morgan fingerprint density at radius 2 is 2.20 bits per heavy atom. The third kappa shape index (κ3) is 3.87. The van der Waals surface area contributed by atoms with E-state index in [0.29, 0.717) is 10.9 Å². The summed E-state index contributed by atoms with van der Waals surface area (Å²) < 4.78 is 4.86. The number of phenols is 1. The van der Waals surface area contributed by atoms with Crippen molar-refractivity contribution in [3.05, 3.63) is 28.8 Å². The van der Waals surface area contributed by atoms with E-state index in [4.69, 9.17) is 16.3 Å². The number of halogens is 1. The lowest BCUT2D eigenvalue weighted by atomic mass is 10.2. The van der Waals surface area contributed by atoms with Crippen molar-refractivity contribution < 1.29 is 19.4 Å². The Hall–Kier alpha value is -1.75. The second kappa shape index (κ2) is 6.13. The maximum Gasteiger partial charge on any atom is 0.342 e. The van der Waals surface area contributed by atoms with Crippen LogP contribution in [0.2, 0.25) is 5.02 Å². The van der Waals surface area contributed by atoms with Gasteiger partial charge in [-0.15, -0.1) is 0 Å². The molecule has 1 saturated carbocycles. The number of carbonyl (C=O) groups excluding carboxylic acids is 2. The molecule has 0 radical (unpaired) electrons. The van der Waals surface area contributed by atoms with Gasteiger partial charge < -0.3 is 15.2 Å². The predicted octanol–water partition coefficient (Wildman–Crippen LogP) is 2.12. The molecule has 6 heteroatoms. The molecule has 1 amide bonds. The monoisotopic (exact) mass is 297 g/mol. The Bertz CT molecular complexity index is 528. The second-order valence-corrected chi connectivity index (χ2v) is 5.37. The third-order valence-electron chi connectivity index (χ3n) is 3.23. The minimum Gasteiger partial charge on any atom is -0.507 e. The first kappa shape index (κ1) is 14.7. The third-order valence-corrected chi connectivity index (χ3v) is 3.47. The van der Waals surface area contributed by atoms with Crippen molar-refractivity contribution in [2.24, 2.45) is 5.92 Å². The average molecular weight is 298 g/mol. The van der Waals surface area contributed by atoms with E-state index in [2.05, 4.69) is 5.32 Å². The fraction of sp³-hybridized carbons (Fsp3) is 0.429. The zero-order valence-electron chi connectivity index (χ0n) is 11.1. The Labute approximate surface area is 121 Å². The van der Waals surface area contributed by atoms with Gasteiger partial charge in [-0.25, -0.2) is 4.79 Å². The highest BCUT2D eigenvalue weighted by molar-refractivity contribution is 6.30. The summed E-state index contributed by atoms with van der Waals surface area (Å²) in [4.78, 5) is 23.3. The van der Waals surface area contributed by atoms with Gasteiger partial charge in [-0.3, -0.25) is 4.79 Å². The molecule has 5 nitrogen and oxygen atoms in total. The molecule has 0 spiro atoms. The van der Waals surface area contributed by atoms with Crippen LogP contribution in [0.5, 0.6) is 5.75 Å². The molecule has 0 unspecified atom stereocenters. The van der Waals surface area contributed by atoms with Crippen LogP contribution in [0.15, 0.2) is 18.2 Å². The zero-order valence-corrected chi connectivity index (χ0v) is 11.8. The summed E-state index contributed by atoms with van der Waals surface area (Å²) >= 11 is 5.67. The quantitative estimate of drug-likeness (QED) is 0.816. The van der Waals surface area contributed by atoms with Crippen LogP contribution in [0.1, 0.15) is 30.1 Å². The van der Waals surface area contributed by atoms with Crippen LogP contribution in [-0.4, -0.2) is 29.6 Å². The smallest absolute Gasteiger partial charge is 0.342 e. The van der Waals surface area contributed by atoms with Crippen LogP contribution in [0.25, 0.3) is 0 Å². The van der Waals surface area contributed by atoms with Gasteiger partial charge in [-0.05, 0) is 43.9 Å². The van der Waals surface area contributed by atoms with Gasteiger partial charge in [0.25, 0.3) is 5.91 Å². The zero-order chi connectivity index (χ0) is 14.7. The summed E-state index contributed by atoms with van der Waals surface area (Å²) in [7, 11) is 0. The first-order valence-electron chi connectivity index (χ1n) is 6.42. The number of rotatable bonds is 5. The minimum atomic E-state index is -0.756. The maximum absolute atomic E-state index is 11.7. The maximum atomic E-state index is 11.7. The molecule has 2 rings (SSSR count). The lowest BCUT2D eigenvalue weighted by Crippen LogP contribution is -2.37. The van der Waals surface area contributed by atoms with E-state index in [9.17, 15) is 14.7 Å². The second-order valence-electron chi connectivity index (χ2n) is 4.93. The van der Waals surface area contributed by atoms with E-state index in [1.54, 1.807) is 0 Å². The highest BCUT2D eigenvalue weighted by atomic mass is 35.5. The number of nitrogens with one attached hydrogen (secondary N) is 1. The van der Waals surface area contributed by atoms with Crippen molar-refractivity contribution in [3.63, 3.8) is 0 Å². The van der Waals surface area contributed by atoms with Gasteiger partial charge in [0, 0.05) is 11.1 Å². The van der Waals surface area contributed by atoms with Crippen molar-refractivity contribution in [1.82, 2.24) is 5.32 Å². The molecule has 1 fully saturated rings. The number of carbonyl (C=O) groups is 2. The van der Waals surface area contributed by atoms with E-state index in [0.717, 1.165) is 12.8 Å². The van der Waals surface area contributed by atoms with Crippen molar-refractivity contribution in [1.29, 1.82) is 0 Å². The summed E-state index contributed by atoms with van der Waals surface area (Å²) in [6.45, 7) is 1.57. The molecule has 0 aromatic heterocycles. The molecule has 0 aliphatic heterocycles. The van der Waals surface area contributed by atoms with Gasteiger partial charge in [0.2, 0.25) is 0 Å². The average Bonchev–Trinajstić information content (AvgIpc) is 3.20. The number of hydrogen-bond donors (Lipinski definition) is 2. The standard InChI is InChI=1S/C14H16ClNO4/c1-8(9-2-3-9)16-13(18)7-20-14(19)11-5-4-10(15)6-12(11)17/h4-6,8-9,17H,2-3,7H2,1H3,(H,16,18)/t8-/m1/s1. The van der Waals surface area contributed by atoms with Crippen LogP contribution in [0.4, 0.5) is 0 Å². The molecule has 108 valence electrons. The molecule has 2 N–H and O–H groups in total. The number of amides is 1. The van der Waals surface area contributed by atoms with Gasteiger partial charge >= 0.3 is 5.97 Å². The number of hydrogen-bond acceptors (Lipinski definition) is 4. The van der Waals surface area contributed by atoms with Gasteiger partial charge in [-0.2, -0.15) is 0 Å². The first-order valence-corrected chi connectivity index (χ1v) is 6.80. The molecule has 20 heavy (non-hydrogen) atoms. The van der Waals surface area contributed by atoms with Gasteiger partial charge in [0.15, 0.2) is 6.61 Å². The SMILES string of the molecule is C[C@@H](NC(=O)COC(=O)c1ccc(Cl)cc1O)C1CC1. The Morgan fingerprint density at radius 1 is 1.50 bits per heavy atom. The predicted molar refractivity (Wildman–Crippen MR) is 73.7 cm³/mol. The molecule has 1 aromatic carbocycles. The van der Waals surface area contributed by atoms with E-state index < -0.39 is 5.97 Å². The lowest BCUT2D eigenvalue weighted by molar-refractivity contribution is -0.125. The van der Waals surface area contributed by atoms with Crippen LogP contribution < -0.4 is 5.32 Å². The Morgan fingerprint density at radius 3 is 2.80 bits per heavy atom. The number of phenolic OH excluding ortho intramolecular Hbond substituents is 1. The molecule has 1 aliphatic rings. The van der Waals surface area contributed by atoms with E-state index in [1.165, 1.54) is 18.2 Å². The molecule has 1 atom stereocenters. The van der Waals surface area contributed by atoms with Gasteiger partial charge in [0.05, 0.1) is 0 Å². The number of benzene rings is 1. The van der Waals surface area contributed by atoms with Crippen molar-refractivity contribution in [2.45, 2.75) is 25.8 Å². The highest BCUT2D eigenvalue weighted by Crippen LogP contribution is 2.32. The van der Waals surface area contributed by atoms with E-state index >= 15 is 0 Å². The summed E-state index contributed by atoms with van der Waals surface area (Å²) in [6, 6.07) is 4.16. The molecule has 0 saturated heterocycles. The van der Waals surface area contributed by atoms with Crippen LogP contribution in [-0.2, 0) is 9.53 Å². The Kier molecular flexibility index (Phi) is 4.49. The normalized spacial score (nSPS) is 15.5. The van der Waals surface area contributed by atoms with Gasteiger partial charge in [-0.1, -0.05) is 11.6 Å². The largest absolute Gasteiger partial charge is 0.507 e. The summed E-state index contributed by atoms with van der Waals surface area (Å²) in [5.74, 6) is -0.830. The fourth-order valence-electron chi connectivity index (χ4n) is 1.90. The summed E-state index contributed by atoms with van der Waals surface area (Å²) in [5, 5.41) is 12.7. The van der Waals surface area contributed by atoms with Crippen LogP contribution in [0, 0.1) is 5.92 Å². The van der Waals surface area contributed by atoms with Crippen LogP contribution >= 0.6 is 11.6 Å². The Balaban J connectivity index is 1.83. The molecule has 1 aromatic rings. The molecular formula is C14H16ClNO4. The molecule has 0 heterocycles. The summed E-state index contributed by atoms with van der Waals surface area (Å²) in [6.07, 6.45) is 2.25. The number of aromatic hydroxyl groups is 1. The van der Waals surface area contributed by atoms with Gasteiger partial charge in [0.1, 0.15) is 11.3 Å². The number of esters is 1. The highest BCUT2D eigenvalue weighted by Gasteiger charge is 2.29.